The van der Waals surface area contributed by atoms with Crippen LogP contribution in [0.3, 0.4) is 0 Å². The van der Waals surface area contributed by atoms with E-state index in [1.807, 2.05) is 0 Å². The van der Waals surface area contributed by atoms with Gasteiger partial charge in [-0.25, -0.2) is 4.98 Å². The molecule has 1 aliphatic rings. The summed E-state index contributed by atoms with van der Waals surface area (Å²) in [5, 5.41) is 3.21. The Bertz CT molecular complexity index is 412. The van der Waals surface area contributed by atoms with Crippen molar-refractivity contribution in [1.82, 2.24) is 4.98 Å². The molecule has 1 aliphatic heterocycles. The standard InChI is InChI=1S/C14H24N2OS/c1-9-6-14(15,7-10(2)17-9)12-16-11(8-18-12)13(3,4)5/h8-10H,6-7,15H2,1-5H3. The van der Waals surface area contributed by atoms with Crippen LogP contribution in [0.4, 0.5) is 0 Å². The third kappa shape index (κ3) is 2.76. The lowest BCUT2D eigenvalue weighted by molar-refractivity contribution is -0.0619. The molecule has 0 radical (unpaired) electrons. The Balaban J connectivity index is 2.27. The first kappa shape index (κ1) is 14.0. The minimum atomic E-state index is -0.314. The average Bonchev–Trinajstić information content (AvgIpc) is 2.62. The predicted molar refractivity (Wildman–Crippen MR) is 75.9 cm³/mol. The number of hydrogen-bond acceptors (Lipinski definition) is 4. The molecular weight excluding hydrogens is 244 g/mol. The van der Waals surface area contributed by atoms with Gasteiger partial charge < -0.3 is 10.5 Å². The topological polar surface area (TPSA) is 48.1 Å². The highest BCUT2D eigenvalue weighted by atomic mass is 32.1. The van der Waals surface area contributed by atoms with Crippen molar-refractivity contribution in [1.29, 1.82) is 0 Å². The van der Waals surface area contributed by atoms with Crippen LogP contribution in [0.1, 0.15) is 58.2 Å². The van der Waals surface area contributed by atoms with Gasteiger partial charge >= 0.3 is 0 Å². The van der Waals surface area contributed by atoms with Crippen molar-refractivity contribution in [3.8, 4) is 0 Å². The summed E-state index contributed by atoms with van der Waals surface area (Å²) >= 11 is 1.69. The van der Waals surface area contributed by atoms with E-state index in [9.17, 15) is 0 Å². The van der Waals surface area contributed by atoms with Crippen LogP contribution in [0.15, 0.2) is 5.38 Å². The molecule has 1 fully saturated rings. The van der Waals surface area contributed by atoms with Gasteiger partial charge in [-0.1, -0.05) is 20.8 Å². The Hall–Kier alpha value is -0.450. The molecule has 0 bridgehead atoms. The summed E-state index contributed by atoms with van der Waals surface area (Å²) in [5.74, 6) is 0. The van der Waals surface area contributed by atoms with E-state index in [2.05, 4.69) is 40.0 Å². The third-order valence-electron chi connectivity index (χ3n) is 3.47. The van der Waals surface area contributed by atoms with Gasteiger partial charge in [0.1, 0.15) is 5.01 Å². The van der Waals surface area contributed by atoms with Crippen LogP contribution in [0.5, 0.6) is 0 Å². The van der Waals surface area contributed by atoms with Crippen LogP contribution in [-0.4, -0.2) is 17.2 Å². The maximum absolute atomic E-state index is 6.59. The fraction of sp³-hybridized carbons (Fsp3) is 0.786. The molecule has 0 aromatic carbocycles. The molecule has 0 amide bonds. The normalized spacial score (nSPS) is 33.7. The molecule has 0 saturated carbocycles. The highest BCUT2D eigenvalue weighted by Crippen LogP contribution is 2.38. The largest absolute Gasteiger partial charge is 0.375 e. The van der Waals surface area contributed by atoms with E-state index in [1.165, 1.54) is 0 Å². The molecule has 4 heteroatoms. The lowest BCUT2D eigenvalue weighted by atomic mass is 9.85. The monoisotopic (exact) mass is 268 g/mol. The minimum absolute atomic E-state index is 0.0908. The lowest BCUT2D eigenvalue weighted by Gasteiger charge is -2.38. The summed E-state index contributed by atoms with van der Waals surface area (Å²) < 4.78 is 5.77. The molecule has 1 aromatic heterocycles. The van der Waals surface area contributed by atoms with Gasteiger partial charge in [-0.15, -0.1) is 11.3 Å². The summed E-state index contributed by atoms with van der Waals surface area (Å²) in [6, 6.07) is 0. The molecule has 18 heavy (non-hydrogen) atoms. The zero-order valence-electron chi connectivity index (χ0n) is 12.0. The zero-order valence-corrected chi connectivity index (χ0v) is 12.8. The fourth-order valence-electron chi connectivity index (χ4n) is 2.62. The predicted octanol–water partition coefficient (Wildman–Crippen LogP) is 3.18. The molecule has 1 saturated heterocycles. The van der Waals surface area contributed by atoms with Crippen molar-refractivity contribution >= 4 is 11.3 Å². The number of aromatic nitrogens is 1. The Labute approximate surface area is 114 Å². The number of thiazole rings is 1. The van der Waals surface area contributed by atoms with E-state index in [-0.39, 0.29) is 23.2 Å². The second-order valence-corrected chi connectivity index (χ2v) is 7.47. The maximum Gasteiger partial charge on any atom is 0.113 e. The van der Waals surface area contributed by atoms with E-state index in [4.69, 9.17) is 15.5 Å². The molecule has 2 N–H and O–H groups in total. The molecule has 102 valence electrons. The van der Waals surface area contributed by atoms with Crippen LogP contribution < -0.4 is 5.73 Å². The first-order chi connectivity index (χ1) is 8.21. The van der Waals surface area contributed by atoms with Gasteiger partial charge in [-0.05, 0) is 26.7 Å². The number of nitrogens with zero attached hydrogens (tertiary/aromatic N) is 1. The van der Waals surface area contributed by atoms with Gasteiger partial charge in [0, 0.05) is 10.8 Å². The smallest absolute Gasteiger partial charge is 0.113 e. The van der Waals surface area contributed by atoms with E-state index in [0.29, 0.717) is 0 Å². The highest BCUT2D eigenvalue weighted by molar-refractivity contribution is 7.09. The number of hydrogen-bond donors (Lipinski definition) is 1. The van der Waals surface area contributed by atoms with Crippen LogP contribution in [0, 0.1) is 0 Å². The molecule has 2 rings (SSSR count). The summed E-state index contributed by atoms with van der Waals surface area (Å²) in [6.07, 6.45) is 2.13. The Morgan fingerprint density at radius 3 is 2.33 bits per heavy atom. The van der Waals surface area contributed by atoms with Gasteiger partial charge in [0.05, 0.1) is 23.4 Å². The van der Waals surface area contributed by atoms with Gasteiger partial charge in [-0.2, -0.15) is 0 Å². The van der Waals surface area contributed by atoms with Gasteiger partial charge in [0.15, 0.2) is 0 Å². The quantitative estimate of drug-likeness (QED) is 0.851. The Kier molecular flexibility index (Phi) is 3.56. The van der Waals surface area contributed by atoms with Crippen LogP contribution in [0.2, 0.25) is 0 Å². The van der Waals surface area contributed by atoms with Crippen molar-refractivity contribution in [3.63, 3.8) is 0 Å². The summed E-state index contributed by atoms with van der Waals surface area (Å²) in [7, 11) is 0. The minimum Gasteiger partial charge on any atom is -0.375 e. The van der Waals surface area contributed by atoms with Crippen LogP contribution in [0.25, 0.3) is 0 Å². The lowest BCUT2D eigenvalue weighted by Crippen LogP contribution is -2.47. The van der Waals surface area contributed by atoms with Crippen LogP contribution >= 0.6 is 11.3 Å². The van der Waals surface area contributed by atoms with E-state index in [0.717, 1.165) is 23.5 Å². The molecule has 2 atom stereocenters. The second kappa shape index (κ2) is 4.58. The van der Waals surface area contributed by atoms with Gasteiger partial charge in [0.2, 0.25) is 0 Å². The maximum atomic E-state index is 6.59. The highest BCUT2D eigenvalue weighted by Gasteiger charge is 2.39. The summed E-state index contributed by atoms with van der Waals surface area (Å²) in [5.41, 5.74) is 7.50. The second-order valence-electron chi connectivity index (χ2n) is 6.61. The van der Waals surface area contributed by atoms with Crippen molar-refractivity contribution in [2.45, 2.75) is 70.6 Å². The van der Waals surface area contributed by atoms with Crippen molar-refractivity contribution < 1.29 is 4.74 Å². The van der Waals surface area contributed by atoms with E-state index >= 15 is 0 Å². The molecular formula is C14H24N2OS. The molecule has 0 aliphatic carbocycles. The van der Waals surface area contributed by atoms with E-state index in [1.54, 1.807) is 11.3 Å². The molecule has 2 unspecified atom stereocenters. The summed E-state index contributed by atoms with van der Waals surface area (Å²) in [4.78, 5) is 4.78. The molecule has 3 nitrogen and oxygen atoms in total. The van der Waals surface area contributed by atoms with Crippen LogP contribution in [-0.2, 0) is 15.7 Å². The van der Waals surface area contributed by atoms with Gasteiger partial charge in [0.25, 0.3) is 0 Å². The van der Waals surface area contributed by atoms with Crippen molar-refractivity contribution in [3.05, 3.63) is 16.1 Å². The fourth-order valence-corrected chi connectivity index (χ4v) is 3.81. The molecule has 2 heterocycles. The SMILES string of the molecule is CC1CC(N)(c2nc(C(C)(C)C)cs2)CC(C)O1. The first-order valence-corrected chi connectivity index (χ1v) is 7.49. The number of nitrogens with two attached hydrogens (primary N) is 1. The van der Waals surface area contributed by atoms with Gasteiger partial charge in [-0.3, -0.25) is 0 Å². The summed E-state index contributed by atoms with van der Waals surface area (Å²) in [6.45, 7) is 10.7. The Morgan fingerprint density at radius 1 is 1.33 bits per heavy atom. The average molecular weight is 268 g/mol. The zero-order chi connectivity index (χ0) is 13.6. The first-order valence-electron chi connectivity index (χ1n) is 6.61. The van der Waals surface area contributed by atoms with Crippen molar-refractivity contribution in [2.24, 2.45) is 5.73 Å². The van der Waals surface area contributed by atoms with Crippen molar-refractivity contribution in [2.75, 3.05) is 0 Å². The molecule has 1 aromatic rings. The number of ether oxygens (including phenoxy) is 1. The number of rotatable bonds is 1. The Morgan fingerprint density at radius 2 is 1.89 bits per heavy atom. The third-order valence-corrected chi connectivity index (χ3v) is 4.53. The van der Waals surface area contributed by atoms with E-state index < -0.39 is 0 Å². The molecule has 0 spiro atoms.